The van der Waals surface area contributed by atoms with Crippen molar-refractivity contribution in [2.24, 2.45) is 0 Å². The molecule has 148 valence electrons. The Morgan fingerprint density at radius 3 is 2.69 bits per heavy atom. The first-order valence-electron chi connectivity index (χ1n) is 8.64. The number of nitrogens with zero attached hydrogens (tertiary/aromatic N) is 3. The summed E-state index contributed by atoms with van der Waals surface area (Å²) in [6.45, 7) is 0.468. The number of hydrogen-bond donors (Lipinski definition) is 0. The summed E-state index contributed by atoms with van der Waals surface area (Å²) < 4.78 is 17.5. The van der Waals surface area contributed by atoms with Crippen molar-refractivity contribution in [2.75, 3.05) is 7.11 Å². The highest BCUT2D eigenvalue weighted by Gasteiger charge is 2.19. The van der Waals surface area contributed by atoms with Crippen LogP contribution in [0.1, 0.15) is 21.9 Å². The van der Waals surface area contributed by atoms with Gasteiger partial charge in [-0.05, 0) is 42.5 Å². The van der Waals surface area contributed by atoms with Gasteiger partial charge in [-0.15, -0.1) is 10.2 Å². The van der Waals surface area contributed by atoms with Gasteiger partial charge in [0.1, 0.15) is 5.76 Å². The van der Waals surface area contributed by atoms with Crippen molar-refractivity contribution in [3.05, 3.63) is 77.1 Å². The molecule has 0 aliphatic heterocycles. The molecule has 0 spiro atoms. The molecule has 0 fully saturated rings. The number of benzene rings is 1. The molecule has 4 rings (SSSR count). The Kier molecular flexibility index (Phi) is 5.73. The van der Waals surface area contributed by atoms with Crippen molar-refractivity contribution in [3.8, 4) is 11.4 Å². The van der Waals surface area contributed by atoms with Gasteiger partial charge in [0.25, 0.3) is 0 Å². The third kappa shape index (κ3) is 4.23. The first-order valence-corrected chi connectivity index (χ1v) is 10.0. The molecule has 7 nitrogen and oxygen atoms in total. The van der Waals surface area contributed by atoms with Crippen LogP contribution in [0.3, 0.4) is 0 Å². The molecule has 0 saturated heterocycles. The van der Waals surface area contributed by atoms with Crippen molar-refractivity contribution in [1.82, 2.24) is 14.8 Å². The smallest absolute Gasteiger partial charge is 0.374 e. The highest BCUT2D eigenvalue weighted by atomic mass is 35.5. The predicted octanol–water partition coefficient (Wildman–Crippen LogP) is 4.91. The molecule has 0 aliphatic carbocycles. The molecule has 0 bridgehead atoms. The summed E-state index contributed by atoms with van der Waals surface area (Å²) in [4.78, 5) is 11.8. The molecule has 9 heteroatoms. The van der Waals surface area contributed by atoms with Gasteiger partial charge in [-0.2, -0.15) is 0 Å². The van der Waals surface area contributed by atoms with E-state index in [1.165, 1.54) is 25.1 Å². The van der Waals surface area contributed by atoms with E-state index in [2.05, 4.69) is 10.2 Å². The van der Waals surface area contributed by atoms with E-state index in [-0.39, 0.29) is 5.76 Å². The fourth-order valence-electron chi connectivity index (χ4n) is 2.77. The highest BCUT2D eigenvalue weighted by Crippen LogP contribution is 2.29. The Balaban J connectivity index is 1.63. The van der Waals surface area contributed by atoms with Crippen molar-refractivity contribution in [1.29, 1.82) is 0 Å². The van der Waals surface area contributed by atoms with E-state index in [1.807, 2.05) is 41.0 Å². The summed E-state index contributed by atoms with van der Waals surface area (Å²) in [6, 6.07) is 12.9. The maximum absolute atomic E-state index is 11.8. The zero-order valence-electron chi connectivity index (χ0n) is 15.4. The molecule has 0 aliphatic rings. The predicted molar refractivity (Wildman–Crippen MR) is 108 cm³/mol. The van der Waals surface area contributed by atoms with Crippen LogP contribution in [0.2, 0.25) is 5.02 Å². The minimum Gasteiger partial charge on any atom is -0.467 e. The van der Waals surface area contributed by atoms with Gasteiger partial charge in [0.2, 0.25) is 5.76 Å². The molecular weight excluding hydrogens is 414 g/mol. The summed E-state index contributed by atoms with van der Waals surface area (Å²) in [5.74, 6) is 1.62. The van der Waals surface area contributed by atoms with E-state index in [4.69, 9.17) is 25.2 Å². The van der Waals surface area contributed by atoms with Gasteiger partial charge in [0.05, 0.1) is 26.2 Å². The number of hydrogen-bond acceptors (Lipinski definition) is 7. The van der Waals surface area contributed by atoms with Gasteiger partial charge in [-0.25, -0.2) is 4.79 Å². The second kappa shape index (κ2) is 8.59. The second-order valence-electron chi connectivity index (χ2n) is 6.03. The fourth-order valence-corrected chi connectivity index (χ4v) is 3.82. The third-order valence-electron chi connectivity index (χ3n) is 4.19. The Bertz CT molecular complexity index is 1100. The molecular formula is C20H16ClN3O4S. The van der Waals surface area contributed by atoms with Gasteiger partial charge >= 0.3 is 5.97 Å². The number of aromatic nitrogens is 3. The standard InChI is InChI=1S/C20H16ClN3O4S/c1-26-19(25)17-14(8-10-28-17)12-29-20-23-22-18(13-4-6-15(21)7-5-13)24(20)11-16-3-2-9-27-16/h2-10H,11-12H2,1H3. The summed E-state index contributed by atoms with van der Waals surface area (Å²) in [6.07, 6.45) is 3.09. The number of methoxy groups -OCH3 is 1. The normalized spacial score (nSPS) is 11.0. The van der Waals surface area contributed by atoms with Gasteiger partial charge in [-0.3, -0.25) is 4.57 Å². The number of thioether (sulfide) groups is 1. The zero-order valence-corrected chi connectivity index (χ0v) is 16.9. The molecule has 0 N–H and O–H groups in total. The maximum Gasteiger partial charge on any atom is 0.374 e. The molecule has 0 saturated carbocycles. The van der Waals surface area contributed by atoms with Gasteiger partial charge in [-0.1, -0.05) is 23.4 Å². The number of furan rings is 2. The molecule has 3 heterocycles. The van der Waals surface area contributed by atoms with Crippen LogP contribution in [0, 0.1) is 0 Å². The number of halogens is 1. The Morgan fingerprint density at radius 1 is 1.14 bits per heavy atom. The summed E-state index contributed by atoms with van der Waals surface area (Å²) in [5, 5.41) is 10.0. The number of rotatable bonds is 7. The number of ether oxygens (including phenoxy) is 1. The van der Waals surface area contributed by atoms with E-state index in [1.54, 1.807) is 12.3 Å². The van der Waals surface area contributed by atoms with E-state index in [0.717, 1.165) is 16.9 Å². The lowest BCUT2D eigenvalue weighted by molar-refractivity contribution is 0.0564. The molecule has 4 aromatic rings. The topological polar surface area (TPSA) is 83.3 Å². The number of carbonyl (C=O) groups is 1. The van der Waals surface area contributed by atoms with Crippen molar-refractivity contribution < 1.29 is 18.4 Å². The average Bonchev–Trinajstić information content (AvgIpc) is 3.48. The molecule has 0 amide bonds. The van der Waals surface area contributed by atoms with Crippen LogP contribution < -0.4 is 0 Å². The number of esters is 1. The second-order valence-corrected chi connectivity index (χ2v) is 7.41. The van der Waals surface area contributed by atoms with Gasteiger partial charge < -0.3 is 13.6 Å². The molecule has 0 unspecified atom stereocenters. The minimum atomic E-state index is -0.510. The van der Waals surface area contributed by atoms with Crippen LogP contribution in [-0.4, -0.2) is 27.8 Å². The molecule has 3 aromatic heterocycles. The highest BCUT2D eigenvalue weighted by molar-refractivity contribution is 7.98. The Labute approximate surface area is 175 Å². The first-order chi connectivity index (χ1) is 14.2. The molecule has 29 heavy (non-hydrogen) atoms. The van der Waals surface area contributed by atoms with Crippen molar-refractivity contribution in [3.63, 3.8) is 0 Å². The summed E-state index contributed by atoms with van der Waals surface area (Å²) >= 11 is 7.45. The maximum atomic E-state index is 11.8. The average molecular weight is 430 g/mol. The van der Waals surface area contributed by atoms with Crippen LogP contribution in [0.15, 0.2) is 69.0 Å². The third-order valence-corrected chi connectivity index (χ3v) is 5.46. The van der Waals surface area contributed by atoms with Crippen molar-refractivity contribution in [2.45, 2.75) is 17.5 Å². The summed E-state index contributed by atoms with van der Waals surface area (Å²) in [5.41, 5.74) is 1.61. The molecule has 0 atom stereocenters. The zero-order chi connectivity index (χ0) is 20.2. The van der Waals surface area contributed by atoms with Crippen LogP contribution in [0.25, 0.3) is 11.4 Å². The quantitative estimate of drug-likeness (QED) is 0.305. The van der Waals surface area contributed by atoms with Crippen molar-refractivity contribution >= 4 is 29.3 Å². The first kappa shape index (κ1) is 19.4. The Hall–Kier alpha value is -2.97. The van der Waals surface area contributed by atoms with Crippen LogP contribution in [-0.2, 0) is 17.0 Å². The van der Waals surface area contributed by atoms with Gasteiger partial charge in [0, 0.05) is 21.9 Å². The monoisotopic (exact) mass is 429 g/mol. The van der Waals surface area contributed by atoms with Gasteiger partial charge in [0.15, 0.2) is 11.0 Å². The number of carbonyl (C=O) groups excluding carboxylic acids is 1. The van der Waals surface area contributed by atoms with E-state index < -0.39 is 5.97 Å². The van der Waals surface area contributed by atoms with E-state index >= 15 is 0 Å². The fraction of sp³-hybridized carbons (Fsp3) is 0.150. The van der Waals surface area contributed by atoms with Crippen LogP contribution in [0.5, 0.6) is 0 Å². The largest absolute Gasteiger partial charge is 0.467 e. The van der Waals surface area contributed by atoms with Crippen LogP contribution >= 0.6 is 23.4 Å². The lowest BCUT2D eigenvalue weighted by atomic mass is 10.2. The lowest BCUT2D eigenvalue weighted by Crippen LogP contribution is -2.04. The van der Waals surface area contributed by atoms with E-state index in [9.17, 15) is 4.79 Å². The summed E-state index contributed by atoms with van der Waals surface area (Å²) in [7, 11) is 1.32. The lowest BCUT2D eigenvalue weighted by Gasteiger charge is -2.09. The van der Waals surface area contributed by atoms with E-state index in [0.29, 0.717) is 28.3 Å². The van der Waals surface area contributed by atoms with Crippen LogP contribution in [0.4, 0.5) is 0 Å². The Morgan fingerprint density at radius 2 is 1.97 bits per heavy atom. The molecule has 0 radical (unpaired) electrons. The molecule has 1 aromatic carbocycles. The SMILES string of the molecule is COC(=O)c1occc1CSc1nnc(-c2ccc(Cl)cc2)n1Cc1ccco1. The minimum absolute atomic E-state index is 0.190.